The van der Waals surface area contributed by atoms with Crippen molar-refractivity contribution in [2.75, 3.05) is 27.2 Å². The van der Waals surface area contributed by atoms with Crippen LogP contribution in [0.2, 0.25) is 0 Å². The molecule has 7 heteroatoms. The molecular weight excluding hydrogens is 663 g/mol. The van der Waals surface area contributed by atoms with Crippen molar-refractivity contribution in [3.63, 3.8) is 0 Å². The first-order valence-electron chi connectivity index (χ1n) is 20.2. The molecule has 2 aromatic rings. The molecule has 0 bridgehead atoms. The van der Waals surface area contributed by atoms with Gasteiger partial charge in [-0.25, -0.2) is 7.98 Å². The van der Waals surface area contributed by atoms with Crippen molar-refractivity contribution in [3.05, 3.63) is 75.7 Å². The van der Waals surface area contributed by atoms with Gasteiger partial charge in [0.2, 0.25) is 0 Å². The molecule has 5 nitrogen and oxygen atoms in total. The first kappa shape index (κ1) is 48.7. The first-order chi connectivity index (χ1) is 24.1. The van der Waals surface area contributed by atoms with Crippen molar-refractivity contribution in [3.8, 4) is 5.75 Å². The van der Waals surface area contributed by atoms with Crippen LogP contribution in [0.4, 0.5) is 5.69 Å². The van der Waals surface area contributed by atoms with Gasteiger partial charge in [0.05, 0.1) is 5.69 Å². The van der Waals surface area contributed by atoms with Crippen LogP contribution in [-0.2, 0) is 0 Å². The number of hydrogen-bond donors (Lipinski definition) is 1. The number of nitrogens with zero attached hydrogens (tertiary/aromatic N) is 3. The monoisotopic (exact) mass is 738 g/mol. The topological polar surface area (TPSA) is 57.2 Å². The molecule has 52 heavy (non-hydrogen) atoms. The van der Waals surface area contributed by atoms with Gasteiger partial charge in [0.25, 0.3) is 0 Å². The van der Waals surface area contributed by atoms with Gasteiger partial charge in [0, 0.05) is 17.8 Å². The van der Waals surface area contributed by atoms with Crippen molar-refractivity contribution in [1.82, 2.24) is 4.90 Å². The average Bonchev–Trinajstić information content (AvgIpc) is 3.08. The summed E-state index contributed by atoms with van der Waals surface area (Å²) in [6, 6.07) is 13.9. The van der Waals surface area contributed by atoms with Crippen LogP contribution in [0.3, 0.4) is 0 Å². The number of aliphatic imine (C=N–C) groups is 1. The zero-order valence-corrected chi connectivity index (χ0v) is 37.7. The Bertz CT molecular complexity index is 1270. The number of nitrogens with one attached hydrogen (secondary N) is 1. The summed E-state index contributed by atoms with van der Waals surface area (Å²) in [5.74, 6) is 1.81. The number of hydrogen-bond acceptors (Lipinski definition) is 3. The normalized spacial score (nSPS) is 16.2. The van der Waals surface area contributed by atoms with Crippen molar-refractivity contribution >= 4 is 57.1 Å². The summed E-state index contributed by atoms with van der Waals surface area (Å²) in [7, 11) is 10.5. The molecule has 4 rings (SSSR count). The minimum Gasteiger partial charge on any atom is -0.872 e. The molecule has 0 atom stereocenters. The van der Waals surface area contributed by atoms with Crippen LogP contribution in [0.25, 0.3) is 5.32 Å². The largest absolute Gasteiger partial charge is 2.00 e. The molecule has 2 saturated carbocycles. The second kappa shape index (κ2) is 25.7. The molecular formula is C45H74BCaN4O. The maximum Gasteiger partial charge on any atom is 2.00 e. The first-order valence-corrected chi connectivity index (χ1v) is 20.2. The van der Waals surface area contributed by atoms with Gasteiger partial charge in [-0.1, -0.05) is 129 Å². The molecule has 2 aromatic carbocycles. The zero-order valence-electron chi connectivity index (χ0n) is 35.5. The number of allylic oxidation sites excluding steroid dienone is 2. The molecule has 2 fully saturated rings. The third-order valence-corrected chi connectivity index (χ3v) is 10.4. The Morgan fingerprint density at radius 2 is 1.13 bits per heavy atom. The fraction of sp³-hybridized carbons (Fsp3) is 0.667. The minimum absolute atomic E-state index is 0. The summed E-state index contributed by atoms with van der Waals surface area (Å²) in [5.41, 5.74) is 7.68. The van der Waals surface area contributed by atoms with Gasteiger partial charge in [-0.3, -0.25) is 4.99 Å². The van der Waals surface area contributed by atoms with Crippen molar-refractivity contribution < 1.29 is 9.92 Å². The Kier molecular flexibility index (Phi) is 24.1. The molecule has 0 amide bonds. The second-order valence-corrected chi connectivity index (χ2v) is 16.6. The number of para-hydroxylation sites is 2. The van der Waals surface area contributed by atoms with E-state index in [1.165, 1.54) is 80.1 Å². The minimum atomic E-state index is 0. The standard InChI is InChI=1S/C21H34N3.C12H23BN.C12H18O.Ca/c1-15(2)19-10-9-11-20(16(3)4)21(19)23-18(6)14-17(5)22-12-13-24(7)8;13-14(11-7-3-1-4-8-11)12-9-5-2-6-10-12;1-8(2)10-6-5-7-11(9(3)4)12(10)13;/h9-11,14-16H,12-13H2,1-8H3;11-12,14H,1-10H2;5-9,13H,1-4H3;/q-1;;;+2/p-1/b17-14-,23-18?;;;. The van der Waals surface area contributed by atoms with Crippen LogP contribution < -0.4 is 9.92 Å². The van der Waals surface area contributed by atoms with Crippen LogP contribution in [-0.4, -0.2) is 95.6 Å². The van der Waals surface area contributed by atoms with Gasteiger partial charge in [0.15, 0.2) is 0 Å². The van der Waals surface area contributed by atoms with Crippen LogP contribution in [0.1, 0.15) is 179 Å². The van der Waals surface area contributed by atoms with Gasteiger partial charge in [-0.15, -0.1) is 12.3 Å². The van der Waals surface area contributed by atoms with E-state index in [0.29, 0.717) is 23.7 Å². The summed E-state index contributed by atoms with van der Waals surface area (Å²) in [6.07, 6.45) is 16.1. The van der Waals surface area contributed by atoms with Crippen LogP contribution in [0.15, 0.2) is 53.2 Å². The van der Waals surface area contributed by atoms with E-state index >= 15 is 0 Å². The maximum absolute atomic E-state index is 11.9. The SMILES string of the molecule is CC(/C=C(/C)[N-]CCN(C)C)=Nc1c(C(C)C)cccc1C(C)C.CC(C)c1cccc(C(C)C)c1[O-].[B-][NH+](C1CCCCC1)C1CCCCC1.[Ca+2]. The summed E-state index contributed by atoms with van der Waals surface area (Å²) in [6.45, 7) is 23.0. The van der Waals surface area contributed by atoms with Gasteiger partial charge in [-0.2, -0.15) is 5.70 Å². The summed E-state index contributed by atoms with van der Waals surface area (Å²) in [4.78, 5) is 8.48. The van der Waals surface area contributed by atoms with E-state index in [9.17, 15) is 5.11 Å². The molecule has 0 heterocycles. The van der Waals surface area contributed by atoms with Gasteiger partial charge in [0.1, 0.15) is 0 Å². The van der Waals surface area contributed by atoms with Crippen molar-refractivity contribution in [2.24, 2.45) is 4.99 Å². The van der Waals surface area contributed by atoms with E-state index in [1.54, 1.807) is 0 Å². The molecule has 0 spiro atoms. The number of rotatable bonds is 12. The molecule has 0 aliphatic heterocycles. The Labute approximate surface area is 352 Å². The summed E-state index contributed by atoms with van der Waals surface area (Å²) >= 11 is 0. The third kappa shape index (κ3) is 17.0. The smallest absolute Gasteiger partial charge is 0.872 e. The number of benzene rings is 2. The quantitative estimate of drug-likeness (QED) is 0.174. The third-order valence-electron chi connectivity index (χ3n) is 10.4. The molecule has 0 unspecified atom stereocenters. The Morgan fingerprint density at radius 3 is 1.50 bits per heavy atom. The summed E-state index contributed by atoms with van der Waals surface area (Å²) < 4.78 is 0. The van der Waals surface area contributed by atoms with E-state index in [1.807, 2.05) is 25.1 Å². The van der Waals surface area contributed by atoms with Crippen LogP contribution in [0, 0.1) is 0 Å². The Morgan fingerprint density at radius 1 is 0.750 bits per heavy atom. The molecule has 285 valence electrons. The zero-order chi connectivity index (χ0) is 38.1. The van der Waals surface area contributed by atoms with Gasteiger partial charge in [-0.05, 0) is 114 Å². The van der Waals surface area contributed by atoms with E-state index in [0.717, 1.165) is 53.4 Å². The van der Waals surface area contributed by atoms with E-state index in [4.69, 9.17) is 13.0 Å². The molecule has 0 aromatic heterocycles. The fourth-order valence-electron chi connectivity index (χ4n) is 7.31. The molecule has 1 N–H and O–H groups in total. The van der Waals surface area contributed by atoms with Gasteiger partial charge < -0.3 is 20.1 Å². The van der Waals surface area contributed by atoms with Gasteiger partial charge >= 0.3 is 37.7 Å². The predicted octanol–water partition coefficient (Wildman–Crippen LogP) is 10.1. The molecule has 2 aliphatic rings. The number of quaternary nitrogens is 1. The fourth-order valence-corrected chi connectivity index (χ4v) is 7.31. The molecule has 2 aliphatic carbocycles. The summed E-state index contributed by atoms with van der Waals surface area (Å²) in [5, 5.41) is 16.5. The van der Waals surface area contributed by atoms with Crippen LogP contribution in [0.5, 0.6) is 5.75 Å². The van der Waals surface area contributed by atoms with Crippen molar-refractivity contribution in [2.45, 2.75) is 169 Å². The second-order valence-electron chi connectivity index (χ2n) is 16.6. The maximum atomic E-state index is 11.9. The predicted molar refractivity (Wildman–Crippen MR) is 228 cm³/mol. The van der Waals surface area contributed by atoms with Crippen LogP contribution >= 0.6 is 0 Å². The van der Waals surface area contributed by atoms with E-state index in [2.05, 4.69) is 111 Å². The van der Waals surface area contributed by atoms with E-state index < -0.39 is 0 Å². The Hall–Kier alpha value is -1.31. The number of likely N-dealkylation sites (N-methyl/N-ethyl adjacent to an activating group) is 1. The van der Waals surface area contributed by atoms with E-state index in [-0.39, 0.29) is 43.5 Å². The Balaban J connectivity index is 0.000000412. The van der Waals surface area contributed by atoms with Crippen molar-refractivity contribution in [1.29, 1.82) is 0 Å². The molecule has 3 radical (unpaired) electrons. The average molecular weight is 738 g/mol. The molecule has 0 saturated heterocycles.